The first-order valence-electron chi connectivity index (χ1n) is 7.09. The Balaban J connectivity index is -0.000000205. The molecule has 0 bridgehead atoms. The van der Waals surface area contributed by atoms with Gasteiger partial charge in [0.15, 0.2) is 0 Å². The van der Waals surface area contributed by atoms with Crippen molar-refractivity contribution in [3.8, 4) is 0 Å². The molecule has 0 spiro atoms. The van der Waals surface area contributed by atoms with Gasteiger partial charge in [-0.3, -0.25) is 9.59 Å². The van der Waals surface area contributed by atoms with Crippen LogP contribution >= 0.6 is 7.60 Å². The van der Waals surface area contributed by atoms with Gasteiger partial charge in [0.1, 0.15) is 6.04 Å². The number of rotatable bonds is 6. The molecule has 1 amide bonds. The van der Waals surface area contributed by atoms with Crippen LogP contribution in [0.2, 0.25) is 0 Å². The summed E-state index contributed by atoms with van der Waals surface area (Å²) >= 11 is 0. The van der Waals surface area contributed by atoms with Gasteiger partial charge in [-0.1, -0.05) is 33.3 Å². The minimum atomic E-state index is -5.09. The second-order valence-corrected chi connectivity index (χ2v) is 6.86. The van der Waals surface area contributed by atoms with Crippen LogP contribution in [0.5, 0.6) is 0 Å². The zero-order valence-corrected chi connectivity index (χ0v) is 16.2. The zero-order valence-electron chi connectivity index (χ0n) is 15.1. The molecule has 0 aromatic carbocycles. The van der Waals surface area contributed by atoms with Crippen molar-refractivity contribution < 1.29 is 62.9 Å². The molecule has 1 aliphatic rings. The van der Waals surface area contributed by atoms with Gasteiger partial charge in [-0.05, 0) is 0 Å². The van der Waals surface area contributed by atoms with Crippen LogP contribution in [0.25, 0.3) is 11.5 Å². The van der Waals surface area contributed by atoms with E-state index in [-0.39, 0.29) is 36.0 Å². The molecule has 0 aromatic rings. The van der Waals surface area contributed by atoms with E-state index < -0.39 is 44.1 Å². The molecular weight excluding hydrogens is 540 g/mol. The van der Waals surface area contributed by atoms with E-state index in [1.165, 1.54) is 12.8 Å². The molecule has 1 aliphatic carbocycles. The number of hydrogen-bond acceptors (Lipinski definition) is 6. The van der Waals surface area contributed by atoms with Crippen LogP contribution < -0.4 is 15.1 Å². The van der Waals surface area contributed by atoms with Crippen molar-refractivity contribution in [2.45, 2.75) is 50.2 Å². The van der Waals surface area contributed by atoms with Gasteiger partial charge >= 0.3 is 35.9 Å². The molecule has 146 valence electrons. The second-order valence-electron chi connectivity index (χ2n) is 5.32. The van der Waals surface area contributed by atoms with Crippen LogP contribution in [-0.4, -0.2) is 52.3 Å². The summed E-state index contributed by atoms with van der Waals surface area (Å²) in [5.74, 6) is -4.47. The number of carboxylic acid groups (broad SMARTS) is 2. The SMILES string of the molecule is O=C(O)CC(NC(=O)CP(=O)([O-])[O-])C(=O)O.[H+].[H+].[NH-]C1CCCCC1[NH-].[Pt+4]. The van der Waals surface area contributed by atoms with E-state index in [2.05, 4.69) is 0 Å². The fourth-order valence-electron chi connectivity index (χ4n) is 1.92. The Bertz CT molecular complexity index is 501. The van der Waals surface area contributed by atoms with E-state index in [4.69, 9.17) is 21.7 Å². The van der Waals surface area contributed by atoms with Crippen LogP contribution in [0.4, 0.5) is 0 Å². The van der Waals surface area contributed by atoms with Crippen molar-refractivity contribution in [1.82, 2.24) is 5.32 Å². The van der Waals surface area contributed by atoms with E-state index in [1.54, 1.807) is 5.32 Å². The topological polar surface area (TPSA) is 214 Å². The molecule has 0 aliphatic heterocycles. The van der Waals surface area contributed by atoms with Gasteiger partial charge in [0.2, 0.25) is 5.91 Å². The molecule has 1 fully saturated rings. The van der Waals surface area contributed by atoms with E-state index >= 15 is 0 Å². The van der Waals surface area contributed by atoms with Crippen molar-refractivity contribution in [3.05, 3.63) is 11.5 Å². The first-order valence-corrected chi connectivity index (χ1v) is 8.82. The molecule has 11 nitrogen and oxygen atoms in total. The maximum absolute atomic E-state index is 10.8. The Kier molecular flexibility index (Phi) is 13.2. The summed E-state index contributed by atoms with van der Waals surface area (Å²) in [6, 6.07) is -1.93. The average molecular weight is 562 g/mol. The number of aliphatic carboxylic acids is 2. The van der Waals surface area contributed by atoms with E-state index in [9.17, 15) is 28.7 Å². The zero-order chi connectivity index (χ0) is 18.9. The van der Waals surface area contributed by atoms with Crippen molar-refractivity contribution in [3.63, 3.8) is 0 Å². The van der Waals surface area contributed by atoms with E-state index in [1.807, 2.05) is 0 Å². The minimum absolute atomic E-state index is 0. The number of carbonyl (C=O) groups excluding carboxylic acids is 1. The quantitative estimate of drug-likeness (QED) is 0.360. The average Bonchev–Trinajstić information content (AvgIpc) is 2.39. The summed E-state index contributed by atoms with van der Waals surface area (Å²) in [6.45, 7) is 0. The summed E-state index contributed by atoms with van der Waals surface area (Å²) in [7, 11) is -5.09. The van der Waals surface area contributed by atoms with Crippen LogP contribution in [0.1, 0.15) is 35.0 Å². The Hall–Kier alpha value is -0.832. The fourth-order valence-corrected chi connectivity index (χ4v) is 2.36. The fraction of sp³-hybridized carbons (Fsp3) is 0.750. The van der Waals surface area contributed by atoms with Crippen molar-refractivity contribution in [2.75, 3.05) is 6.16 Å². The molecule has 13 heteroatoms. The monoisotopic (exact) mass is 562 g/mol. The van der Waals surface area contributed by atoms with E-state index in [0.717, 1.165) is 12.8 Å². The van der Waals surface area contributed by atoms with Gasteiger partial charge in [0, 0.05) is 0 Å². The van der Waals surface area contributed by atoms with Crippen molar-refractivity contribution >= 4 is 25.4 Å². The minimum Gasteiger partial charge on any atom is -0.810 e. The van der Waals surface area contributed by atoms with Crippen molar-refractivity contribution in [1.29, 1.82) is 0 Å². The van der Waals surface area contributed by atoms with Gasteiger partial charge in [0.25, 0.3) is 0 Å². The van der Waals surface area contributed by atoms with Gasteiger partial charge in [-0.25, -0.2) is 4.79 Å². The first-order chi connectivity index (χ1) is 10.9. The first kappa shape index (κ1) is 26.4. The van der Waals surface area contributed by atoms with Crippen LogP contribution in [0.3, 0.4) is 0 Å². The van der Waals surface area contributed by atoms with E-state index in [0.29, 0.717) is 0 Å². The summed E-state index contributed by atoms with van der Waals surface area (Å²) in [4.78, 5) is 51.8. The Morgan fingerprint density at radius 2 is 1.60 bits per heavy atom. The molecule has 0 saturated heterocycles. The largest absolute Gasteiger partial charge is 4.00 e. The molecule has 3 unspecified atom stereocenters. The van der Waals surface area contributed by atoms with Gasteiger partial charge < -0.3 is 41.3 Å². The van der Waals surface area contributed by atoms with Crippen molar-refractivity contribution in [2.24, 2.45) is 0 Å². The molecule has 1 saturated carbocycles. The maximum atomic E-state index is 10.8. The summed E-state index contributed by atoms with van der Waals surface area (Å²) in [5.41, 5.74) is 14.6. The molecule has 0 aromatic heterocycles. The summed E-state index contributed by atoms with van der Waals surface area (Å²) in [6.07, 6.45) is 1.93. The normalized spacial score (nSPS) is 21.0. The summed E-state index contributed by atoms with van der Waals surface area (Å²) in [5, 5.41) is 18.4. The smallest absolute Gasteiger partial charge is 0.810 e. The summed E-state index contributed by atoms with van der Waals surface area (Å²) < 4.78 is 10.2. The van der Waals surface area contributed by atoms with Gasteiger partial charge in [-0.15, -0.1) is 0 Å². The standard InChI is InChI=1S/C6H12N2.C6H10NO8P.Pt/c7-5-3-1-2-4-6(5)8;8-4(2-16(13,14)15)7-3(6(11)12)1-5(9)10;/h5-8H,1-4H2;3H,1-2H2,(H,7,8)(H,9,10)(H,11,12)(H2,13,14,15);/q-2;;+4. The third kappa shape index (κ3) is 14.1. The Morgan fingerprint density at radius 1 is 1.16 bits per heavy atom. The third-order valence-corrected chi connectivity index (χ3v) is 3.79. The molecule has 3 atom stereocenters. The third-order valence-electron chi connectivity index (χ3n) is 3.12. The second kappa shape index (κ2) is 12.5. The van der Waals surface area contributed by atoms with Gasteiger partial charge in [-0.2, -0.15) is 12.1 Å². The van der Waals surface area contributed by atoms with Gasteiger partial charge in [0.05, 0.1) is 12.6 Å². The molecular formula is C12H22N3O8PPt+2. The van der Waals surface area contributed by atoms with Crippen LogP contribution in [0.15, 0.2) is 0 Å². The number of carboxylic acids is 2. The molecule has 25 heavy (non-hydrogen) atoms. The van der Waals surface area contributed by atoms with Crippen LogP contribution in [-0.2, 0) is 40.0 Å². The molecule has 1 rings (SSSR count). The maximum Gasteiger partial charge on any atom is 4.00 e. The number of amides is 1. The molecule has 5 N–H and O–H groups in total. The molecule has 0 heterocycles. The predicted molar refractivity (Wildman–Crippen MR) is 81.2 cm³/mol. The molecule has 0 radical (unpaired) electrons. The Labute approximate surface area is 161 Å². The van der Waals surface area contributed by atoms with Crippen LogP contribution in [0, 0.1) is 0 Å². The Morgan fingerprint density at radius 3 is 1.88 bits per heavy atom. The number of carbonyl (C=O) groups is 3. The number of nitrogens with one attached hydrogen (secondary N) is 3. The predicted octanol–water partition coefficient (Wildman–Crippen LogP) is -0.431. The number of hydrogen-bond donors (Lipinski definition) is 3.